The standard InChI is InChI=1S/C11H9ClN2O2/c12-8-4-3-7(10(15)11(13)16)9-6(8)2-1-5-14-9/h1-5,10,15H,(H2,13,16). The Morgan fingerprint density at radius 3 is 2.88 bits per heavy atom. The minimum Gasteiger partial charge on any atom is -0.378 e. The largest absolute Gasteiger partial charge is 0.378 e. The van der Waals surface area contributed by atoms with Crippen molar-refractivity contribution in [3.8, 4) is 0 Å². The van der Waals surface area contributed by atoms with Crippen molar-refractivity contribution >= 4 is 28.4 Å². The van der Waals surface area contributed by atoms with Gasteiger partial charge >= 0.3 is 0 Å². The molecule has 0 bridgehead atoms. The van der Waals surface area contributed by atoms with E-state index in [1.807, 2.05) is 0 Å². The molecule has 1 amide bonds. The summed E-state index contributed by atoms with van der Waals surface area (Å²) < 4.78 is 0. The summed E-state index contributed by atoms with van der Waals surface area (Å²) in [6.07, 6.45) is 0.199. The number of carbonyl (C=O) groups is 1. The van der Waals surface area contributed by atoms with Gasteiger partial charge in [0.15, 0.2) is 6.10 Å². The van der Waals surface area contributed by atoms with Crippen molar-refractivity contribution in [2.24, 2.45) is 5.73 Å². The molecule has 0 radical (unpaired) electrons. The predicted molar refractivity (Wildman–Crippen MR) is 60.9 cm³/mol. The Bertz CT molecular complexity index is 557. The highest BCUT2D eigenvalue weighted by molar-refractivity contribution is 6.35. The number of hydrogen-bond acceptors (Lipinski definition) is 3. The Labute approximate surface area is 96.7 Å². The molecular formula is C11H9ClN2O2. The fourth-order valence-electron chi connectivity index (χ4n) is 1.53. The number of nitrogens with two attached hydrogens (primary N) is 1. The number of hydrogen-bond donors (Lipinski definition) is 2. The van der Waals surface area contributed by atoms with E-state index in [2.05, 4.69) is 4.98 Å². The minimum atomic E-state index is -1.37. The van der Waals surface area contributed by atoms with Crippen LogP contribution in [0.15, 0.2) is 30.5 Å². The summed E-state index contributed by atoms with van der Waals surface area (Å²) in [7, 11) is 0. The number of fused-ring (bicyclic) bond motifs is 1. The summed E-state index contributed by atoms with van der Waals surface area (Å²) in [6, 6.07) is 6.65. The van der Waals surface area contributed by atoms with Crippen molar-refractivity contribution in [3.05, 3.63) is 41.0 Å². The molecule has 5 heteroatoms. The second-order valence-corrected chi connectivity index (χ2v) is 3.75. The molecule has 0 aliphatic carbocycles. The van der Waals surface area contributed by atoms with Gasteiger partial charge in [-0.2, -0.15) is 0 Å². The van der Waals surface area contributed by atoms with Gasteiger partial charge < -0.3 is 10.8 Å². The van der Waals surface area contributed by atoms with Crippen LogP contribution in [0.2, 0.25) is 5.02 Å². The average molecular weight is 237 g/mol. The summed E-state index contributed by atoms with van der Waals surface area (Å²) in [6.45, 7) is 0. The zero-order valence-corrected chi connectivity index (χ0v) is 8.98. The molecule has 1 atom stereocenters. The van der Waals surface area contributed by atoms with Crippen LogP contribution in [0.25, 0.3) is 10.9 Å². The van der Waals surface area contributed by atoms with Gasteiger partial charge in [-0.15, -0.1) is 0 Å². The van der Waals surface area contributed by atoms with Crippen molar-refractivity contribution in [1.82, 2.24) is 4.98 Å². The van der Waals surface area contributed by atoms with Crippen molar-refractivity contribution < 1.29 is 9.90 Å². The van der Waals surface area contributed by atoms with Crippen LogP contribution in [0.5, 0.6) is 0 Å². The van der Waals surface area contributed by atoms with Gasteiger partial charge in [-0.1, -0.05) is 17.7 Å². The molecule has 1 aromatic heterocycles. The van der Waals surface area contributed by atoms with E-state index in [9.17, 15) is 9.90 Å². The summed E-state index contributed by atoms with van der Waals surface area (Å²) in [5.74, 6) is -0.811. The quantitative estimate of drug-likeness (QED) is 0.828. The molecule has 4 nitrogen and oxygen atoms in total. The lowest BCUT2D eigenvalue weighted by atomic mass is 10.0. The third-order valence-electron chi connectivity index (χ3n) is 2.31. The first-order chi connectivity index (χ1) is 7.61. The molecular weight excluding hydrogens is 228 g/mol. The van der Waals surface area contributed by atoms with E-state index in [0.29, 0.717) is 21.5 Å². The maximum atomic E-state index is 10.9. The van der Waals surface area contributed by atoms with Gasteiger partial charge in [-0.05, 0) is 18.2 Å². The van der Waals surface area contributed by atoms with Crippen molar-refractivity contribution in [3.63, 3.8) is 0 Å². The number of nitrogens with zero attached hydrogens (tertiary/aromatic N) is 1. The molecule has 2 aromatic rings. The van der Waals surface area contributed by atoms with Crippen LogP contribution in [-0.2, 0) is 4.79 Å². The number of aliphatic hydroxyl groups excluding tert-OH is 1. The molecule has 0 saturated heterocycles. The van der Waals surface area contributed by atoms with Crippen LogP contribution < -0.4 is 5.73 Å². The number of aromatic nitrogens is 1. The molecule has 0 fully saturated rings. The average Bonchev–Trinajstić information content (AvgIpc) is 2.29. The van der Waals surface area contributed by atoms with Crippen molar-refractivity contribution in [2.45, 2.75) is 6.10 Å². The van der Waals surface area contributed by atoms with Crippen LogP contribution in [0, 0.1) is 0 Å². The Kier molecular flexibility index (Phi) is 2.77. The lowest BCUT2D eigenvalue weighted by Gasteiger charge is -2.10. The van der Waals surface area contributed by atoms with E-state index in [4.69, 9.17) is 17.3 Å². The number of amides is 1. The molecule has 2 rings (SSSR count). The van der Waals surface area contributed by atoms with Gasteiger partial charge in [0.2, 0.25) is 0 Å². The number of aliphatic hydroxyl groups is 1. The highest BCUT2D eigenvalue weighted by Crippen LogP contribution is 2.28. The normalized spacial score (nSPS) is 12.6. The van der Waals surface area contributed by atoms with Gasteiger partial charge in [-0.3, -0.25) is 9.78 Å². The molecule has 0 aliphatic heterocycles. The van der Waals surface area contributed by atoms with Crippen molar-refractivity contribution in [1.29, 1.82) is 0 Å². The van der Waals surface area contributed by atoms with E-state index in [1.165, 1.54) is 0 Å². The fourth-order valence-corrected chi connectivity index (χ4v) is 1.75. The smallest absolute Gasteiger partial charge is 0.250 e. The molecule has 0 spiro atoms. The first-order valence-corrected chi connectivity index (χ1v) is 4.99. The third-order valence-corrected chi connectivity index (χ3v) is 2.64. The molecule has 0 aliphatic rings. The van der Waals surface area contributed by atoms with E-state index in [0.717, 1.165) is 0 Å². The SMILES string of the molecule is NC(=O)C(O)c1ccc(Cl)c2cccnc12. The monoisotopic (exact) mass is 236 g/mol. The summed E-state index contributed by atoms with van der Waals surface area (Å²) >= 11 is 5.98. The highest BCUT2D eigenvalue weighted by atomic mass is 35.5. The lowest BCUT2D eigenvalue weighted by Crippen LogP contribution is -2.21. The Hall–Kier alpha value is -1.65. The first-order valence-electron chi connectivity index (χ1n) is 4.62. The molecule has 3 N–H and O–H groups in total. The van der Waals surface area contributed by atoms with Gasteiger partial charge in [0.1, 0.15) is 0 Å². The van der Waals surface area contributed by atoms with Crippen molar-refractivity contribution in [2.75, 3.05) is 0 Å². The molecule has 1 aromatic carbocycles. The predicted octanol–water partition coefficient (Wildman–Crippen LogP) is 1.41. The zero-order valence-electron chi connectivity index (χ0n) is 8.22. The third kappa shape index (κ3) is 1.73. The van der Waals surface area contributed by atoms with Gasteiger partial charge in [0.25, 0.3) is 5.91 Å². The van der Waals surface area contributed by atoms with E-state index >= 15 is 0 Å². The van der Waals surface area contributed by atoms with Crippen LogP contribution in [-0.4, -0.2) is 16.0 Å². The van der Waals surface area contributed by atoms with E-state index in [1.54, 1.807) is 30.5 Å². The molecule has 82 valence electrons. The molecule has 16 heavy (non-hydrogen) atoms. The zero-order chi connectivity index (χ0) is 11.7. The van der Waals surface area contributed by atoms with Crippen LogP contribution in [0.4, 0.5) is 0 Å². The van der Waals surface area contributed by atoms with Gasteiger partial charge in [-0.25, -0.2) is 0 Å². The Morgan fingerprint density at radius 2 is 2.19 bits per heavy atom. The maximum absolute atomic E-state index is 10.9. The van der Waals surface area contributed by atoms with Crippen LogP contribution in [0.3, 0.4) is 0 Å². The molecule has 1 unspecified atom stereocenters. The van der Waals surface area contributed by atoms with Crippen LogP contribution >= 0.6 is 11.6 Å². The van der Waals surface area contributed by atoms with E-state index < -0.39 is 12.0 Å². The first kappa shape index (κ1) is 10.9. The topological polar surface area (TPSA) is 76.2 Å². The Balaban J connectivity index is 2.72. The summed E-state index contributed by atoms with van der Waals surface area (Å²) in [4.78, 5) is 15.0. The highest BCUT2D eigenvalue weighted by Gasteiger charge is 2.18. The molecule has 0 saturated carbocycles. The summed E-state index contributed by atoms with van der Waals surface area (Å²) in [5.41, 5.74) is 5.90. The number of pyridine rings is 1. The second-order valence-electron chi connectivity index (χ2n) is 3.34. The van der Waals surface area contributed by atoms with Gasteiger partial charge in [0.05, 0.1) is 5.52 Å². The minimum absolute atomic E-state index is 0.368. The number of benzene rings is 1. The van der Waals surface area contributed by atoms with E-state index in [-0.39, 0.29) is 0 Å². The fraction of sp³-hybridized carbons (Fsp3) is 0.0909. The number of halogens is 1. The number of primary amides is 1. The molecule has 1 heterocycles. The number of rotatable bonds is 2. The number of carbonyl (C=O) groups excluding carboxylic acids is 1. The van der Waals surface area contributed by atoms with Gasteiger partial charge in [0, 0.05) is 22.2 Å². The van der Waals surface area contributed by atoms with Crippen LogP contribution in [0.1, 0.15) is 11.7 Å². The summed E-state index contributed by atoms with van der Waals surface area (Å²) in [5, 5.41) is 10.8. The second kappa shape index (κ2) is 4.08. The Morgan fingerprint density at radius 1 is 1.44 bits per heavy atom. The lowest BCUT2D eigenvalue weighted by molar-refractivity contribution is -0.126. The maximum Gasteiger partial charge on any atom is 0.250 e.